The van der Waals surface area contributed by atoms with Crippen LogP contribution in [0, 0.1) is 0 Å². The van der Waals surface area contributed by atoms with E-state index in [1.807, 2.05) is 0 Å². The van der Waals surface area contributed by atoms with Crippen LogP contribution in [-0.2, 0) is 27.1 Å². The van der Waals surface area contributed by atoms with E-state index in [2.05, 4.69) is 233 Å². The lowest BCUT2D eigenvalue weighted by molar-refractivity contribution is 0.332. The minimum atomic E-state index is -0.0263. The molecule has 4 heteroatoms. The molecule has 3 aliphatic rings. The topological polar surface area (TPSA) is 15.7 Å². The van der Waals surface area contributed by atoms with Gasteiger partial charge in [0.2, 0.25) is 0 Å². The maximum absolute atomic E-state index is 7.28. The second-order valence-corrected chi connectivity index (χ2v) is 23.4. The summed E-state index contributed by atoms with van der Waals surface area (Å²) in [6.45, 7) is 30.4. The van der Waals surface area contributed by atoms with Gasteiger partial charge in [-0.25, -0.2) is 0 Å². The number of benzene rings is 7. The quantitative estimate of drug-likeness (QED) is 0.164. The number of ether oxygens (including phenoxy) is 1. The van der Waals surface area contributed by atoms with Crippen LogP contribution in [0.2, 0.25) is 0 Å². The summed E-state index contributed by atoms with van der Waals surface area (Å²) in [4.78, 5) is 5.00. The predicted octanol–water partition coefficient (Wildman–Crippen LogP) is 15.0. The molecule has 0 aromatic heterocycles. The molecular weight excluding hydrogens is 775 g/mol. The van der Waals surface area contributed by atoms with Crippen molar-refractivity contribution in [2.24, 2.45) is 0 Å². The summed E-state index contributed by atoms with van der Waals surface area (Å²) in [7, 11) is 0. The second kappa shape index (κ2) is 14.4. The van der Waals surface area contributed by atoms with Crippen molar-refractivity contribution in [2.75, 3.05) is 9.80 Å². The SMILES string of the molecule is CC(C)(C)c1ccc(N2c3ccc(C(C)(C)C)cc3B3c4cc(C(C)(C)C)ccc4Oc4cc(N(c5ccc6c(c5)C(C)(C)CCC6(C)C)c5ccc6ccccc6c5)cc2c43)cc1. The Kier molecular flexibility index (Phi) is 9.49. The van der Waals surface area contributed by atoms with E-state index in [0.29, 0.717) is 0 Å². The molecule has 10 rings (SSSR count). The highest BCUT2D eigenvalue weighted by atomic mass is 16.5. The van der Waals surface area contributed by atoms with Crippen LogP contribution in [0.25, 0.3) is 10.8 Å². The van der Waals surface area contributed by atoms with Gasteiger partial charge in [-0.15, -0.1) is 0 Å². The van der Waals surface area contributed by atoms with Crippen LogP contribution in [0.4, 0.5) is 34.1 Å². The molecule has 2 heterocycles. The van der Waals surface area contributed by atoms with Gasteiger partial charge in [0.1, 0.15) is 11.5 Å². The van der Waals surface area contributed by atoms with Gasteiger partial charge >= 0.3 is 0 Å². The monoisotopic (exact) mass is 841 g/mol. The van der Waals surface area contributed by atoms with Gasteiger partial charge in [0, 0.05) is 34.5 Å². The van der Waals surface area contributed by atoms with Crippen molar-refractivity contribution >= 4 is 68.0 Å². The first kappa shape index (κ1) is 42.2. The Morgan fingerprint density at radius 2 is 1.06 bits per heavy atom. The summed E-state index contributed by atoms with van der Waals surface area (Å²) >= 11 is 0. The molecule has 0 radical (unpaired) electrons. The molecule has 1 aliphatic carbocycles. The molecule has 324 valence electrons. The van der Waals surface area contributed by atoms with Gasteiger partial charge in [0.25, 0.3) is 6.71 Å². The molecule has 0 saturated heterocycles. The van der Waals surface area contributed by atoms with Crippen LogP contribution in [0.1, 0.15) is 131 Å². The Labute approximate surface area is 383 Å². The van der Waals surface area contributed by atoms with E-state index in [1.54, 1.807) is 0 Å². The fourth-order valence-electron chi connectivity index (χ4n) is 10.7. The number of fused-ring (bicyclic) bond motifs is 6. The van der Waals surface area contributed by atoms with Crippen LogP contribution >= 0.6 is 0 Å². The molecular formula is C60H65BN2O. The molecule has 0 atom stereocenters. The highest BCUT2D eigenvalue weighted by molar-refractivity contribution is 6.99. The Morgan fingerprint density at radius 1 is 0.484 bits per heavy atom. The first-order valence-corrected chi connectivity index (χ1v) is 23.6. The number of hydrogen-bond acceptors (Lipinski definition) is 3. The van der Waals surface area contributed by atoms with E-state index >= 15 is 0 Å². The van der Waals surface area contributed by atoms with Gasteiger partial charge in [-0.1, -0.05) is 163 Å². The van der Waals surface area contributed by atoms with Crippen LogP contribution in [0.5, 0.6) is 11.5 Å². The Hall–Kier alpha value is -5.74. The molecule has 0 saturated carbocycles. The molecule has 3 nitrogen and oxygen atoms in total. The molecule has 7 aromatic carbocycles. The first-order valence-electron chi connectivity index (χ1n) is 23.6. The fourth-order valence-corrected chi connectivity index (χ4v) is 10.7. The van der Waals surface area contributed by atoms with Gasteiger partial charge in [0.05, 0.1) is 5.69 Å². The average molecular weight is 841 g/mol. The molecule has 0 unspecified atom stereocenters. The van der Waals surface area contributed by atoms with E-state index in [4.69, 9.17) is 4.74 Å². The summed E-state index contributed by atoms with van der Waals surface area (Å²) in [6, 6.07) is 51.1. The molecule has 2 aliphatic heterocycles. The predicted molar refractivity (Wildman–Crippen MR) is 276 cm³/mol. The summed E-state index contributed by atoms with van der Waals surface area (Å²) < 4.78 is 7.28. The zero-order chi connectivity index (χ0) is 45.3. The number of hydrogen-bond donors (Lipinski definition) is 0. The third-order valence-corrected chi connectivity index (χ3v) is 14.8. The molecule has 64 heavy (non-hydrogen) atoms. The number of rotatable bonds is 4. The van der Waals surface area contributed by atoms with Crippen molar-refractivity contribution in [1.29, 1.82) is 0 Å². The van der Waals surface area contributed by atoms with Crippen molar-refractivity contribution in [3.05, 3.63) is 161 Å². The zero-order valence-electron chi connectivity index (χ0n) is 40.5. The first-order chi connectivity index (χ1) is 30.1. The maximum Gasteiger partial charge on any atom is 0.256 e. The second-order valence-electron chi connectivity index (χ2n) is 23.4. The largest absolute Gasteiger partial charge is 0.458 e. The maximum atomic E-state index is 7.28. The molecule has 7 aromatic rings. The standard InChI is InChI=1S/C60H65BN2O/c1-56(2,3)40-19-24-43(25-20-40)63-51-28-21-41(57(4,5)6)33-49(51)61-50-34-42(58(7,8)9)22-29-53(50)64-54-37-46(36-52(63)55(54)61)62(44-23-18-38-16-14-15-17-39(38)32-44)45-26-27-47-48(35-45)60(12,13)31-30-59(47,10)11/h14-29,32-37H,30-31H2,1-13H3. The van der Waals surface area contributed by atoms with E-state index in [-0.39, 0.29) is 33.8 Å². The van der Waals surface area contributed by atoms with Crippen LogP contribution in [0.15, 0.2) is 133 Å². The Balaban J connectivity index is 1.28. The highest BCUT2D eigenvalue weighted by Gasteiger charge is 2.44. The Morgan fingerprint density at radius 3 is 1.73 bits per heavy atom. The third-order valence-electron chi connectivity index (χ3n) is 14.8. The molecule has 0 amide bonds. The van der Waals surface area contributed by atoms with E-state index in [9.17, 15) is 0 Å². The zero-order valence-corrected chi connectivity index (χ0v) is 40.5. The minimum Gasteiger partial charge on any atom is -0.458 e. The summed E-state index contributed by atoms with van der Waals surface area (Å²) in [5.41, 5.74) is 17.6. The van der Waals surface area contributed by atoms with Gasteiger partial charge in [-0.3, -0.25) is 0 Å². The van der Waals surface area contributed by atoms with E-state index in [1.165, 1.54) is 67.1 Å². The van der Waals surface area contributed by atoms with Crippen molar-refractivity contribution in [2.45, 2.75) is 130 Å². The van der Waals surface area contributed by atoms with Gasteiger partial charge in [-0.05, 0) is 149 Å². The molecule has 0 fully saturated rings. The third kappa shape index (κ3) is 7.04. The Bertz CT molecular complexity index is 2990. The van der Waals surface area contributed by atoms with Crippen molar-refractivity contribution in [3.8, 4) is 11.5 Å². The van der Waals surface area contributed by atoms with Gasteiger partial charge < -0.3 is 14.5 Å². The molecule has 0 spiro atoms. The molecule has 0 N–H and O–H groups in total. The minimum absolute atomic E-state index is 0.0200. The summed E-state index contributed by atoms with van der Waals surface area (Å²) in [6.07, 6.45) is 2.33. The fraction of sp³-hybridized carbons (Fsp3) is 0.333. The summed E-state index contributed by atoms with van der Waals surface area (Å²) in [5, 5.41) is 2.45. The smallest absolute Gasteiger partial charge is 0.256 e. The lowest BCUT2D eigenvalue weighted by Gasteiger charge is -2.43. The molecule has 0 bridgehead atoms. The van der Waals surface area contributed by atoms with Crippen molar-refractivity contribution < 1.29 is 4.74 Å². The lowest BCUT2D eigenvalue weighted by Crippen LogP contribution is -2.60. The van der Waals surface area contributed by atoms with Gasteiger partial charge in [0.15, 0.2) is 0 Å². The van der Waals surface area contributed by atoms with Crippen LogP contribution < -0.4 is 30.9 Å². The van der Waals surface area contributed by atoms with Crippen LogP contribution in [0.3, 0.4) is 0 Å². The highest BCUT2D eigenvalue weighted by Crippen LogP contribution is 2.50. The summed E-state index contributed by atoms with van der Waals surface area (Å²) in [5.74, 6) is 1.83. The van der Waals surface area contributed by atoms with Crippen molar-refractivity contribution in [3.63, 3.8) is 0 Å². The van der Waals surface area contributed by atoms with E-state index in [0.717, 1.165) is 46.4 Å². The van der Waals surface area contributed by atoms with Crippen molar-refractivity contribution in [1.82, 2.24) is 0 Å². The average Bonchev–Trinajstić information content (AvgIpc) is 3.24. The van der Waals surface area contributed by atoms with Gasteiger partial charge in [-0.2, -0.15) is 0 Å². The van der Waals surface area contributed by atoms with Crippen LogP contribution in [-0.4, -0.2) is 6.71 Å². The number of nitrogens with zero attached hydrogens (tertiary/aromatic N) is 2. The number of anilines is 6. The normalized spacial score (nSPS) is 16.1. The van der Waals surface area contributed by atoms with E-state index < -0.39 is 0 Å². The lowest BCUT2D eigenvalue weighted by atomic mass is 9.33.